The van der Waals surface area contributed by atoms with Crippen molar-refractivity contribution in [3.05, 3.63) is 0 Å². The third kappa shape index (κ3) is 2.95. The van der Waals surface area contributed by atoms with E-state index in [0.717, 1.165) is 32.4 Å². The van der Waals surface area contributed by atoms with Gasteiger partial charge in [0.2, 0.25) is 0 Å². The second-order valence-corrected chi connectivity index (χ2v) is 5.11. The van der Waals surface area contributed by atoms with Crippen LogP contribution in [0.1, 0.15) is 33.1 Å². The van der Waals surface area contributed by atoms with E-state index in [0.29, 0.717) is 6.54 Å². The van der Waals surface area contributed by atoms with Crippen LogP contribution in [-0.2, 0) is 4.79 Å². The van der Waals surface area contributed by atoms with E-state index in [1.807, 2.05) is 13.8 Å². The van der Waals surface area contributed by atoms with Crippen LogP contribution in [0.3, 0.4) is 0 Å². The lowest BCUT2D eigenvalue weighted by Crippen LogP contribution is -2.36. The molecular formula is C12H23NO3. The minimum Gasteiger partial charge on any atom is -0.481 e. The standard InChI is InChI=1S/C12H23NO3/c1-3-4-12(11(15)16)5-6-13(9-12)7-10(2)8-14/h10,14H,3-9H2,1-2H3,(H,15,16). The summed E-state index contributed by atoms with van der Waals surface area (Å²) in [6, 6.07) is 0. The number of carboxylic acid groups (broad SMARTS) is 1. The summed E-state index contributed by atoms with van der Waals surface area (Å²) in [5.74, 6) is -0.431. The van der Waals surface area contributed by atoms with Gasteiger partial charge in [-0.25, -0.2) is 0 Å². The highest BCUT2D eigenvalue weighted by Crippen LogP contribution is 2.35. The fourth-order valence-corrected chi connectivity index (χ4v) is 2.58. The van der Waals surface area contributed by atoms with Crippen molar-refractivity contribution in [2.24, 2.45) is 11.3 Å². The third-order valence-electron chi connectivity index (χ3n) is 3.50. The van der Waals surface area contributed by atoms with Gasteiger partial charge in [-0.1, -0.05) is 20.3 Å². The number of carbonyl (C=O) groups is 1. The Hall–Kier alpha value is -0.610. The summed E-state index contributed by atoms with van der Waals surface area (Å²) >= 11 is 0. The lowest BCUT2D eigenvalue weighted by molar-refractivity contribution is -0.148. The van der Waals surface area contributed by atoms with E-state index in [4.69, 9.17) is 5.11 Å². The van der Waals surface area contributed by atoms with Crippen molar-refractivity contribution in [3.8, 4) is 0 Å². The molecule has 0 radical (unpaired) electrons. The Balaban J connectivity index is 2.56. The maximum absolute atomic E-state index is 11.3. The SMILES string of the molecule is CCCC1(C(=O)O)CCN(CC(C)CO)C1. The van der Waals surface area contributed by atoms with Crippen LogP contribution in [-0.4, -0.2) is 47.3 Å². The number of carboxylic acids is 1. The number of nitrogens with zero attached hydrogens (tertiary/aromatic N) is 1. The second-order valence-electron chi connectivity index (χ2n) is 5.11. The summed E-state index contributed by atoms with van der Waals surface area (Å²) in [5, 5.41) is 18.3. The first-order valence-corrected chi connectivity index (χ1v) is 6.10. The lowest BCUT2D eigenvalue weighted by Gasteiger charge is -2.25. The summed E-state index contributed by atoms with van der Waals surface area (Å²) in [7, 11) is 0. The fourth-order valence-electron chi connectivity index (χ4n) is 2.58. The van der Waals surface area contributed by atoms with E-state index in [-0.39, 0.29) is 12.5 Å². The van der Waals surface area contributed by atoms with E-state index in [2.05, 4.69) is 4.90 Å². The number of hydrogen-bond acceptors (Lipinski definition) is 3. The van der Waals surface area contributed by atoms with E-state index in [1.165, 1.54) is 0 Å². The highest BCUT2D eigenvalue weighted by atomic mass is 16.4. The van der Waals surface area contributed by atoms with Gasteiger partial charge in [0.15, 0.2) is 0 Å². The lowest BCUT2D eigenvalue weighted by atomic mass is 9.83. The number of hydrogen-bond donors (Lipinski definition) is 2. The van der Waals surface area contributed by atoms with Crippen LogP contribution in [0, 0.1) is 11.3 Å². The second kappa shape index (κ2) is 5.64. The fraction of sp³-hybridized carbons (Fsp3) is 0.917. The van der Waals surface area contributed by atoms with E-state index >= 15 is 0 Å². The van der Waals surface area contributed by atoms with E-state index < -0.39 is 11.4 Å². The molecule has 94 valence electrons. The van der Waals surface area contributed by atoms with Crippen LogP contribution in [0.15, 0.2) is 0 Å². The van der Waals surface area contributed by atoms with Gasteiger partial charge in [0.05, 0.1) is 5.41 Å². The smallest absolute Gasteiger partial charge is 0.310 e. The van der Waals surface area contributed by atoms with Crippen molar-refractivity contribution < 1.29 is 15.0 Å². The Labute approximate surface area is 97.3 Å². The zero-order chi connectivity index (χ0) is 12.2. The van der Waals surface area contributed by atoms with Crippen LogP contribution in [0.5, 0.6) is 0 Å². The Morgan fingerprint density at radius 3 is 2.75 bits per heavy atom. The van der Waals surface area contributed by atoms with Gasteiger partial charge in [0, 0.05) is 19.7 Å². The molecule has 0 saturated carbocycles. The van der Waals surface area contributed by atoms with Gasteiger partial charge in [-0.3, -0.25) is 4.79 Å². The van der Waals surface area contributed by atoms with E-state index in [1.54, 1.807) is 0 Å². The van der Waals surface area contributed by atoms with Gasteiger partial charge in [0.25, 0.3) is 0 Å². The molecule has 4 heteroatoms. The van der Waals surface area contributed by atoms with Gasteiger partial charge >= 0.3 is 5.97 Å². The largest absolute Gasteiger partial charge is 0.481 e. The molecule has 1 heterocycles. The van der Waals surface area contributed by atoms with Gasteiger partial charge < -0.3 is 15.1 Å². The summed E-state index contributed by atoms with van der Waals surface area (Å²) < 4.78 is 0. The van der Waals surface area contributed by atoms with Crippen LogP contribution in [0.25, 0.3) is 0 Å². The summed E-state index contributed by atoms with van der Waals surface area (Å²) in [4.78, 5) is 13.5. The molecule has 0 aromatic carbocycles. The normalized spacial score (nSPS) is 28.2. The molecule has 0 amide bonds. The molecule has 0 aliphatic carbocycles. The van der Waals surface area contributed by atoms with Gasteiger partial charge in [-0.2, -0.15) is 0 Å². The van der Waals surface area contributed by atoms with Crippen molar-refractivity contribution in [2.45, 2.75) is 33.1 Å². The molecule has 0 bridgehead atoms. The Morgan fingerprint density at radius 2 is 2.25 bits per heavy atom. The monoisotopic (exact) mass is 229 g/mol. The summed E-state index contributed by atoms with van der Waals surface area (Å²) in [6.07, 6.45) is 2.41. The first-order valence-electron chi connectivity index (χ1n) is 6.10. The molecule has 1 rings (SSSR count). The molecule has 1 aliphatic rings. The molecule has 0 aromatic heterocycles. The first-order chi connectivity index (χ1) is 7.54. The van der Waals surface area contributed by atoms with Crippen LogP contribution in [0.4, 0.5) is 0 Å². The topological polar surface area (TPSA) is 60.8 Å². The number of rotatable bonds is 6. The summed E-state index contributed by atoms with van der Waals surface area (Å²) in [6.45, 7) is 6.47. The minimum absolute atomic E-state index is 0.171. The zero-order valence-electron chi connectivity index (χ0n) is 10.3. The van der Waals surface area contributed by atoms with Crippen molar-refractivity contribution in [1.82, 2.24) is 4.90 Å². The number of likely N-dealkylation sites (tertiary alicyclic amines) is 1. The average molecular weight is 229 g/mol. The van der Waals surface area contributed by atoms with Crippen molar-refractivity contribution in [1.29, 1.82) is 0 Å². The number of aliphatic hydroxyl groups excluding tert-OH is 1. The highest BCUT2D eigenvalue weighted by molar-refractivity contribution is 5.75. The molecule has 0 aromatic rings. The molecule has 1 fully saturated rings. The van der Waals surface area contributed by atoms with Crippen molar-refractivity contribution in [2.75, 3.05) is 26.2 Å². The van der Waals surface area contributed by atoms with Crippen molar-refractivity contribution in [3.63, 3.8) is 0 Å². The predicted octanol–water partition coefficient (Wildman–Crippen LogP) is 1.19. The quantitative estimate of drug-likeness (QED) is 0.718. The van der Waals surface area contributed by atoms with Crippen LogP contribution < -0.4 is 0 Å². The predicted molar refractivity (Wildman–Crippen MR) is 62.3 cm³/mol. The molecular weight excluding hydrogens is 206 g/mol. The molecule has 4 nitrogen and oxygen atoms in total. The average Bonchev–Trinajstić information content (AvgIpc) is 2.63. The third-order valence-corrected chi connectivity index (χ3v) is 3.50. The molecule has 1 aliphatic heterocycles. The number of aliphatic carboxylic acids is 1. The molecule has 2 unspecified atom stereocenters. The van der Waals surface area contributed by atoms with Gasteiger partial charge in [-0.15, -0.1) is 0 Å². The maximum Gasteiger partial charge on any atom is 0.310 e. The van der Waals surface area contributed by atoms with Crippen LogP contribution in [0.2, 0.25) is 0 Å². The Bertz CT molecular complexity index is 244. The molecule has 2 atom stereocenters. The molecule has 16 heavy (non-hydrogen) atoms. The first kappa shape index (κ1) is 13.5. The molecule has 2 N–H and O–H groups in total. The summed E-state index contributed by atoms with van der Waals surface area (Å²) in [5.41, 5.74) is -0.538. The minimum atomic E-state index is -0.659. The Kier molecular flexibility index (Phi) is 4.74. The van der Waals surface area contributed by atoms with Gasteiger partial charge in [-0.05, 0) is 25.3 Å². The Morgan fingerprint density at radius 1 is 1.56 bits per heavy atom. The van der Waals surface area contributed by atoms with E-state index in [9.17, 15) is 9.90 Å². The van der Waals surface area contributed by atoms with Gasteiger partial charge in [0.1, 0.15) is 0 Å². The highest BCUT2D eigenvalue weighted by Gasteiger charge is 2.43. The molecule has 1 saturated heterocycles. The molecule has 0 spiro atoms. The zero-order valence-corrected chi connectivity index (χ0v) is 10.3. The van der Waals surface area contributed by atoms with Crippen molar-refractivity contribution >= 4 is 5.97 Å². The number of aliphatic hydroxyl groups is 1. The van der Waals surface area contributed by atoms with Crippen LogP contribution >= 0.6 is 0 Å². The maximum atomic E-state index is 11.3.